The minimum absolute atomic E-state index is 0.0761. The number of aromatic nitrogens is 2. The van der Waals surface area contributed by atoms with Crippen LogP contribution in [0, 0.1) is 0 Å². The maximum Gasteiger partial charge on any atom is 0.274 e. The van der Waals surface area contributed by atoms with Crippen molar-refractivity contribution in [3.8, 4) is 11.3 Å². The molecule has 1 fully saturated rings. The predicted molar refractivity (Wildman–Crippen MR) is 107 cm³/mol. The number of rotatable bonds is 3. The van der Waals surface area contributed by atoms with Gasteiger partial charge in [-0.05, 0) is 30.3 Å². The van der Waals surface area contributed by atoms with Crippen molar-refractivity contribution in [1.82, 2.24) is 15.1 Å². The topological polar surface area (TPSA) is 49.3 Å². The second kappa shape index (κ2) is 7.76. The van der Waals surface area contributed by atoms with Crippen LogP contribution in [0.1, 0.15) is 10.5 Å². The molecule has 136 valence electrons. The Kier molecular flexibility index (Phi) is 5.03. The number of carbonyl (C=O) groups excluding carboxylic acids is 1. The van der Waals surface area contributed by atoms with Gasteiger partial charge in [0.2, 0.25) is 0 Å². The van der Waals surface area contributed by atoms with E-state index >= 15 is 0 Å². The minimum atomic E-state index is -0.0761. The van der Waals surface area contributed by atoms with E-state index in [-0.39, 0.29) is 5.91 Å². The summed E-state index contributed by atoms with van der Waals surface area (Å²) in [5.74, 6) is -0.0761. The third kappa shape index (κ3) is 3.93. The van der Waals surface area contributed by atoms with Gasteiger partial charge in [-0.3, -0.25) is 4.79 Å². The normalized spacial score (nSPS) is 14.3. The summed E-state index contributed by atoms with van der Waals surface area (Å²) < 4.78 is 0. The fourth-order valence-corrected chi connectivity index (χ4v) is 3.40. The van der Waals surface area contributed by atoms with E-state index in [1.807, 2.05) is 65.6 Å². The molecule has 0 aliphatic carbocycles. The number of anilines is 1. The second-order valence-electron chi connectivity index (χ2n) is 6.43. The first-order valence-corrected chi connectivity index (χ1v) is 9.27. The van der Waals surface area contributed by atoms with Crippen LogP contribution < -0.4 is 4.90 Å². The number of piperazine rings is 1. The molecule has 27 heavy (non-hydrogen) atoms. The molecule has 4 rings (SSSR count). The fraction of sp³-hybridized carbons (Fsp3) is 0.190. The summed E-state index contributed by atoms with van der Waals surface area (Å²) in [4.78, 5) is 16.8. The van der Waals surface area contributed by atoms with Gasteiger partial charge in [-0.2, -0.15) is 0 Å². The molecule has 1 aliphatic heterocycles. The number of hydrogen-bond acceptors (Lipinski definition) is 4. The summed E-state index contributed by atoms with van der Waals surface area (Å²) in [5.41, 5.74) is 3.21. The largest absolute Gasteiger partial charge is 0.368 e. The standard InChI is InChI=1S/C21H19ClN4O/c22-17-7-4-8-18(15-17)25-11-13-26(14-12-25)21(27)20-10-9-19(23-24-20)16-5-2-1-3-6-16/h1-10,15H,11-14H2. The molecule has 3 aromatic rings. The van der Waals surface area contributed by atoms with Gasteiger partial charge in [0.25, 0.3) is 5.91 Å². The third-order valence-corrected chi connectivity index (χ3v) is 4.93. The van der Waals surface area contributed by atoms with Crippen molar-refractivity contribution >= 4 is 23.2 Å². The molecule has 0 saturated carbocycles. The molecule has 0 unspecified atom stereocenters. The Morgan fingerprint density at radius 1 is 0.852 bits per heavy atom. The maximum absolute atomic E-state index is 12.7. The van der Waals surface area contributed by atoms with Crippen molar-refractivity contribution in [3.63, 3.8) is 0 Å². The lowest BCUT2D eigenvalue weighted by Crippen LogP contribution is -2.49. The monoisotopic (exact) mass is 378 g/mol. The molecule has 5 nitrogen and oxygen atoms in total. The van der Waals surface area contributed by atoms with Gasteiger partial charge in [0.05, 0.1) is 5.69 Å². The number of benzene rings is 2. The zero-order valence-corrected chi connectivity index (χ0v) is 15.5. The summed E-state index contributed by atoms with van der Waals surface area (Å²) in [6.07, 6.45) is 0. The number of hydrogen-bond donors (Lipinski definition) is 0. The van der Waals surface area contributed by atoms with Crippen molar-refractivity contribution in [2.45, 2.75) is 0 Å². The molecular weight excluding hydrogens is 360 g/mol. The van der Waals surface area contributed by atoms with Gasteiger partial charge in [-0.1, -0.05) is 48.0 Å². The first-order valence-electron chi connectivity index (χ1n) is 8.90. The Balaban J connectivity index is 1.41. The molecule has 2 heterocycles. The Hall–Kier alpha value is -2.92. The van der Waals surface area contributed by atoms with Gasteiger partial charge in [0, 0.05) is 42.5 Å². The molecule has 1 saturated heterocycles. The molecule has 0 bridgehead atoms. The Morgan fingerprint density at radius 2 is 1.63 bits per heavy atom. The molecule has 1 aromatic heterocycles. The Bertz CT molecular complexity index is 922. The zero-order chi connectivity index (χ0) is 18.6. The minimum Gasteiger partial charge on any atom is -0.368 e. The van der Waals surface area contributed by atoms with Gasteiger partial charge >= 0.3 is 0 Å². The van der Waals surface area contributed by atoms with Crippen LogP contribution in [0.5, 0.6) is 0 Å². The molecule has 6 heteroatoms. The molecular formula is C21H19ClN4O. The number of halogens is 1. The van der Waals surface area contributed by atoms with E-state index in [2.05, 4.69) is 15.1 Å². The van der Waals surface area contributed by atoms with Gasteiger partial charge in [-0.25, -0.2) is 0 Å². The Labute approximate surface area is 163 Å². The Morgan fingerprint density at radius 3 is 2.30 bits per heavy atom. The summed E-state index contributed by atoms with van der Waals surface area (Å²) in [7, 11) is 0. The van der Waals surface area contributed by atoms with Crippen molar-refractivity contribution in [3.05, 3.63) is 77.4 Å². The van der Waals surface area contributed by atoms with Crippen LogP contribution in [-0.2, 0) is 0 Å². The highest BCUT2D eigenvalue weighted by atomic mass is 35.5. The smallest absolute Gasteiger partial charge is 0.274 e. The van der Waals surface area contributed by atoms with Crippen LogP contribution in [0.3, 0.4) is 0 Å². The SMILES string of the molecule is O=C(c1ccc(-c2ccccc2)nn1)N1CCN(c2cccc(Cl)c2)CC1. The summed E-state index contributed by atoms with van der Waals surface area (Å²) >= 11 is 6.07. The van der Waals surface area contributed by atoms with E-state index in [9.17, 15) is 4.79 Å². The van der Waals surface area contributed by atoms with Gasteiger partial charge in [0.1, 0.15) is 0 Å². The van der Waals surface area contributed by atoms with Gasteiger partial charge < -0.3 is 9.80 Å². The van der Waals surface area contributed by atoms with Crippen molar-refractivity contribution in [1.29, 1.82) is 0 Å². The van der Waals surface area contributed by atoms with Crippen LogP contribution in [0.15, 0.2) is 66.7 Å². The van der Waals surface area contributed by atoms with Crippen LogP contribution in [0.4, 0.5) is 5.69 Å². The molecule has 2 aromatic carbocycles. The van der Waals surface area contributed by atoms with E-state index in [0.29, 0.717) is 18.8 Å². The second-order valence-corrected chi connectivity index (χ2v) is 6.87. The fourth-order valence-electron chi connectivity index (χ4n) is 3.21. The highest BCUT2D eigenvalue weighted by Gasteiger charge is 2.23. The number of amides is 1. The molecule has 0 spiro atoms. The third-order valence-electron chi connectivity index (χ3n) is 4.69. The molecule has 0 atom stereocenters. The zero-order valence-electron chi connectivity index (χ0n) is 14.8. The van der Waals surface area contributed by atoms with E-state index < -0.39 is 0 Å². The lowest BCUT2D eigenvalue weighted by molar-refractivity contribution is 0.0739. The summed E-state index contributed by atoms with van der Waals surface area (Å²) in [6.45, 7) is 2.82. The van der Waals surface area contributed by atoms with Crippen LogP contribution in [-0.4, -0.2) is 47.2 Å². The summed E-state index contributed by atoms with van der Waals surface area (Å²) in [5, 5.41) is 9.08. The highest BCUT2D eigenvalue weighted by molar-refractivity contribution is 6.30. The lowest BCUT2D eigenvalue weighted by atomic mass is 10.1. The van der Waals surface area contributed by atoms with Crippen molar-refractivity contribution in [2.24, 2.45) is 0 Å². The number of carbonyl (C=O) groups is 1. The number of nitrogens with zero attached hydrogens (tertiary/aromatic N) is 4. The van der Waals surface area contributed by atoms with Crippen LogP contribution >= 0.6 is 11.6 Å². The molecule has 0 radical (unpaired) electrons. The molecule has 0 N–H and O–H groups in total. The average Bonchev–Trinajstić information content (AvgIpc) is 2.74. The maximum atomic E-state index is 12.7. The molecule has 1 aliphatic rings. The summed E-state index contributed by atoms with van der Waals surface area (Å²) in [6, 6.07) is 21.2. The first kappa shape index (κ1) is 17.5. The predicted octanol–water partition coefficient (Wildman–Crippen LogP) is 3.76. The van der Waals surface area contributed by atoms with Crippen LogP contribution in [0.2, 0.25) is 5.02 Å². The van der Waals surface area contributed by atoms with Gasteiger partial charge in [0.15, 0.2) is 5.69 Å². The van der Waals surface area contributed by atoms with E-state index in [0.717, 1.165) is 35.1 Å². The van der Waals surface area contributed by atoms with E-state index in [1.165, 1.54) is 0 Å². The highest BCUT2D eigenvalue weighted by Crippen LogP contribution is 2.21. The van der Waals surface area contributed by atoms with E-state index in [1.54, 1.807) is 6.07 Å². The van der Waals surface area contributed by atoms with Crippen molar-refractivity contribution in [2.75, 3.05) is 31.1 Å². The lowest BCUT2D eigenvalue weighted by Gasteiger charge is -2.36. The first-order chi connectivity index (χ1) is 13.2. The van der Waals surface area contributed by atoms with Crippen LogP contribution in [0.25, 0.3) is 11.3 Å². The average molecular weight is 379 g/mol. The molecule has 1 amide bonds. The van der Waals surface area contributed by atoms with Gasteiger partial charge in [-0.15, -0.1) is 10.2 Å². The van der Waals surface area contributed by atoms with Crippen molar-refractivity contribution < 1.29 is 4.79 Å². The van der Waals surface area contributed by atoms with E-state index in [4.69, 9.17) is 11.6 Å². The quantitative estimate of drug-likeness (QED) is 0.696.